The lowest BCUT2D eigenvalue weighted by molar-refractivity contribution is -0.140. The summed E-state index contributed by atoms with van der Waals surface area (Å²) in [6.07, 6.45) is 5.02. The van der Waals surface area contributed by atoms with Crippen molar-refractivity contribution in [3.63, 3.8) is 0 Å². The summed E-state index contributed by atoms with van der Waals surface area (Å²) in [4.78, 5) is 155. The number of carbonyl (C=O) groups excluding carboxylic acids is 8. The second kappa shape index (κ2) is 41.1. The Labute approximate surface area is 797 Å². The lowest BCUT2D eigenvalue weighted by atomic mass is 9.92. The third-order valence-electron chi connectivity index (χ3n) is 26.6. The summed E-state index contributed by atoms with van der Waals surface area (Å²) < 4.78 is 48.5. The number of carboxylic acids is 1. The van der Waals surface area contributed by atoms with Gasteiger partial charge in [-0.05, 0) is 189 Å². The van der Waals surface area contributed by atoms with E-state index in [1.807, 2.05) is 121 Å². The van der Waals surface area contributed by atoms with E-state index >= 15 is 0 Å². The van der Waals surface area contributed by atoms with E-state index in [1.54, 1.807) is 60.5 Å². The minimum absolute atomic E-state index is 0.0184. The Bertz CT molecular complexity index is 6550. The monoisotopic (exact) mass is 1880 g/mol. The molecule has 35 nitrogen and oxygen atoms in total. The number of aromatic nitrogens is 8. The fraction of sp³-hybridized carbons (Fsp3) is 0.408. The number of carbonyl (C=O) groups is 9. The van der Waals surface area contributed by atoms with E-state index in [0.717, 1.165) is 155 Å². The van der Waals surface area contributed by atoms with Crippen molar-refractivity contribution in [1.82, 2.24) is 80.7 Å². The zero-order valence-corrected chi connectivity index (χ0v) is 80.0. The summed E-state index contributed by atoms with van der Waals surface area (Å²) >= 11 is 0. The molecular weight excluding hydrogens is 1770 g/mol. The number of ether oxygens (including phenoxy) is 9. The van der Waals surface area contributed by atoms with Crippen molar-refractivity contribution in [2.45, 2.75) is 180 Å². The van der Waals surface area contributed by atoms with Crippen LogP contribution in [0.15, 0.2) is 158 Å². The number of aromatic amines is 4. The Kier molecular flexibility index (Phi) is 28.8. The van der Waals surface area contributed by atoms with Crippen molar-refractivity contribution in [1.29, 1.82) is 0 Å². The van der Waals surface area contributed by atoms with Gasteiger partial charge in [0.15, 0.2) is 6.04 Å². The summed E-state index contributed by atoms with van der Waals surface area (Å²) in [5.74, 6) is 2.60. The van der Waals surface area contributed by atoms with Crippen LogP contribution in [0.4, 0.5) is 24.0 Å². The van der Waals surface area contributed by atoms with Crippen LogP contribution in [-0.2, 0) is 65.5 Å². The number of hydrogen-bond donors (Lipinski definition) is 9. The Morgan fingerprint density at radius 2 is 0.877 bits per heavy atom. The number of benzene rings is 8. The van der Waals surface area contributed by atoms with Crippen LogP contribution in [0.2, 0.25) is 0 Å². The smallest absolute Gasteiger partial charge is 0.410 e. The SMILES string of the molecule is COC(=O)N[C@@H](C(=O)O)c1ccccc1.COC[C@H]1CC(c2ncc(-c3ccc4c(c3)COc3cc5c(ccc6[nH]c([C@@H]7CC[C@H](C)N7C(=O)C(NC(=O)OC)C(C)C)nc65)cc3-4)[nH]2)N(C(=O)OC(C)(C)C)C1.COC[C@H]1CC(c2ncc(-c3ccc4c(c3)COc3cc5c(ccc6[nH]c([C@@H]7CC[C@H](C)N7C(=O)C(NC(=O)OC)C(C)C)nc65)cc3-4)[nH]2)N(C(=O)[C@H](NC(=O)OC)c2ccccc2)C1. The van der Waals surface area contributed by atoms with Gasteiger partial charge in [0.1, 0.15) is 71.7 Å². The quantitative estimate of drug-likeness (QED) is 0.0285. The van der Waals surface area contributed by atoms with E-state index < -0.39 is 60.1 Å². The Balaban J connectivity index is 0.000000174. The molecule has 4 fully saturated rings. The molecule has 18 rings (SSSR count). The highest BCUT2D eigenvalue weighted by atomic mass is 16.6. The lowest BCUT2D eigenvalue weighted by Gasteiger charge is -2.32. The molecular formula is C103H118N16O19. The number of methoxy groups -OCH3 is 6. The van der Waals surface area contributed by atoms with Crippen molar-refractivity contribution in [3.8, 4) is 56.3 Å². The maximum Gasteiger partial charge on any atom is 0.410 e. The van der Waals surface area contributed by atoms with E-state index in [9.17, 15) is 43.2 Å². The first-order valence-corrected chi connectivity index (χ1v) is 46.5. The minimum atomic E-state index is -1.13. The fourth-order valence-electron chi connectivity index (χ4n) is 19.8. The maximum atomic E-state index is 14.3. The average molecular weight is 1880 g/mol. The number of hydrogen-bond acceptors (Lipinski definition) is 22. The Hall–Kier alpha value is -14.6. The number of nitrogens with one attached hydrogen (secondary N) is 8. The maximum absolute atomic E-state index is 14.3. The molecule has 35 heteroatoms. The van der Waals surface area contributed by atoms with Crippen LogP contribution in [-0.4, -0.2) is 217 Å². The molecule has 12 atom stereocenters. The van der Waals surface area contributed by atoms with Crippen molar-refractivity contribution < 1.29 is 90.9 Å². The van der Waals surface area contributed by atoms with Gasteiger partial charge in [0.2, 0.25) is 11.8 Å². The van der Waals surface area contributed by atoms with Gasteiger partial charge in [0.25, 0.3) is 5.91 Å². The number of likely N-dealkylation sites (tertiary alicyclic amines) is 4. The van der Waals surface area contributed by atoms with Crippen molar-refractivity contribution in [2.24, 2.45) is 23.7 Å². The highest BCUT2D eigenvalue weighted by molar-refractivity contribution is 6.09. The van der Waals surface area contributed by atoms with Crippen LogP contribution in [0, 0.1) is 23.7 Å². The van der Waals surface area contributed by atoms with Gasteiger partial charge in [0.05, 0.1) is 112 Å². The molecule has 0 bridgehead atoms. The first kappa shape index (κ1) is 96.5. The van der Waals surface area contributed by atoms with Gasteiger partial charge >= 0.3 is 36.4 Å². The summed E-state index contributed by atoms with van der Waals surface area (Å²) in [7, 11) is 8.38. The minimum Gasteiger partial charge on any atom is -0.488 e. The predicted octanol–water partition coefficient (Wildman–Crippen LogP) is 16.9. The molecule has 6 aliphatic heterocycles. The summed E-state index contributed by atoms with van der Waals surface area (Å²) in [6.45, 7) is 20.1. The molecule has 8 aromatic carbocycles. The van der Waals surface area contributed by atoms with Crippen LogP contribution in [0.3, 0.4) is 0 Å². The van der Waals surface area contributed by atoms with E-state index in [2.05, 4.69) is 119 Å². The molecule has 0 spiro atoms. The molecule has 12 aromatic rings. The van der Waals surface area contributed by atoms with Crippen molar-refractivity contribution >= 4 is 97.8 Å². The van der Waals surface area contributed by atoms with Crippen LogP contribution in [0.25, 0.3) is 88.4 Å². The normalized spacial score (nSPS) is 19.5. The summed E-state index contributed by atoms with van der Waals surface area (Å²) in [5.41, 5.74) is 13.7. The number of H-pyrrole nitrogens is 4. The van der Waals surface area contributed by atoms with Crippen molar-refractivity contribution in [3.05, 3.63) is 204 Å². The molecule has 4 saturated heterocycles. The van der Waals surface area contributed by atoms with Crippen LogP contribution in [0.5, 0.6) is 11.5 Å². The van der Waals surface area contributed by atoms with Gasteiger partial charge in [-0.1, -0.05) is 125 Å². The van der Waals surface area contributed by atoms with Gasteiger partial charge in [-0.3, -0.25) is 19.3 Å². The van der Waals surface area contributed by atoms with Gasteiger partial charge in [0, 0.05) is 73.1 Å². The zero-order chi connectivity index (χ0) is 97.8. The number of alkyl carbamates (subject to hydrolysis) is 4. The molecule has 4 aromatic heterocycles. The lowest BCUT2D eigenvalue weighted by Crippen LogP contribution is -2.52. The number of carboxylic acid groups (broad SMARTS) is 1. The zero-order valence-electron chi connectivity index (χ0n) is 80.0. The van der Waals surface area contributed by atoms with E-state index in [-0.39, 0.29) is 83.7 Å². The van der Waals surface area contributed by atoms with E-state index in [1.165, 1.54) is 28.4 Å². The third-order valence-corrected chi connectivity index (χ3v) is 26.6. The first-order valence-electron chi connectivity index (χ1n) is 46.5. The molecule has 0 aliphatic carbocycles. The largest absolute Gasteiger partial charge is 0.488 e. The number of rotatable bonds is 22. The number of aliphatic carboxylic acids is 1. The molecule has 6 aliphatic rings. The highest BCUT2D eigenvalue weighted by Gasteiger charge is 2.47. The highest BCUT2D eigenvalue weighted by Crippen LogP contribution is 2.48. The first-order chi connectivity index (χ1) is 66.3. The van der Waals surface area contributed by atoms with Crippen LogP contribution >= 0.6 is 0 Å². The third kappa shape index (κ3) is 20.3. The molecule has 0 saturated carbocycles. The molecule has 138 heavy (non-hydrogen) atoms. The second-order valence-electron chi connectivity index (χ2n) is 37.6. The molecule has 8 amide bonds. The molecule has 4 unspecified atom stereocenters. The molecule has 10 heterocycles. The Morgan fingerprint density at radius 3 is 1.29 bits per heavy atom. The second-order valence-corrected chi connectivity index (χ2v) is 37.6. The molecule has 724 valence electrons. The standard InChI is InChI=1S/C49H54N8O8.C44H53N7O7.C10H11NO4/c1-26(2)41(54-48(60)63-5)47(59)57-27(3)12-17-38(57)45-51-36-16-14-30-20-35-33-15-13-31(19-32(33)25-65-40(35)21-34(30)43(36)53-45)37-22-50-44(52-37)39-18-28(24-62-4)23-56(39)46(58)42(55-49(61)64-6)29-10-8-7-9-11-29;1-23(2)37(49-42(53)56-8)41(52)51-24(3)9-14-34(51)40-46-32-13-11-26-17-31-29-12-10-27(16-28(29)22-57-36(31)18-30(26)38(32)48-40)33-19-45-39(47-33)35-15-25(21-55-7)20-50(35)43(54)58-44(4,5)6;1-15-10(14)11-8(9(12)13)7-5-3-2-4-6-7/h7-11,13-16,19-22,26-28,38-39,41-42H,12,17-18,23-25H2,1-6H3,(H,50,52)(H,51,53)(H,54,60)(H,55,61);10-13,16-19,23-25,34-35,37H,9,14-15,20-22H2,1-8H3,(H,45,47)(H,46,48)(H,49,53);2-6,8H,1H3,(H,11,14)(H,12,13)/t27-,28-,38-,39?,41?,42+;24-,25-,34-,35?,37?;8-/m001/s1. The van der Waals surface area contributed by atoms with Gasteiger partial charge in [-0.2, -0.15) is 0 Å². The predicted molar refractivity (Wildman–Crippen MR) is 514 cm³/mol. The van der Waals surface area contributed by atoms with Crippen molar-refractivity contribution in [2.75, 3.05) is 69.0 Å². The van der Waals surface area contributed by atoms with Crippen LogP contribution < -0.4 is 30.7 Å². The number of fused-ring (bicyclic) bond motifs is 12. The van der Waals surface area contributed by atoms with Crippen LogP contribution in [0.1, 0.15) is 183 Å². The molecule has 9 N–H and O–H groups in total. The number of imidazole rings is 4. The number of nitrogens with zero attached hydrogens (tertiary/aromatic N) is 8. The summed E-state index contributed by atoms with van der Waals surface area (Å²) in [5, 5.41) is 23.3. The van der Waals surface area contributed by atoms with Gasteiger partial charge in [-0.25, -0.2) is 48.7 Å². The summed E-state index contributed by atoms with van der Waals surface area (Å²) in [6, 6.07) is 42.1. The average Bonchev–Trinajstić information content (AvgIpc) is 1.49. The van der Waals surface area contributed by atoms with E-state index in [0.29, 0.717) is 68.7 Å². The van der Waals surface area contributed by atoms with Gasteiger partial charge < -0.3 is 104 Å². The van der Waals surface area contributed by atoms with E-state index in [4.69, 9.17) is 62.9 Å². The Morgan fingerprint density at radius 1 is 0.464 bits per heavy atom. The topological polar surface area (TPSA) is 433 Å². The van der Waals surface area contributed by atoms with Gasteiger partial charge in [-0.15, -0.1) is 0 Å². The fourth-order valence-corrected chi connectivity index (χ4v) is 19.8. The number of amides is 8. The molecule has 0 radical (unpaired) electrons.